The van der Waals surface area contributed by atoms with Crippen molar-refractivity contribution in [3.8, 4) is 0 Å². The molecule has 1 amide bonds. The molecule has 1 aromatic rings. The first-order chi connectivity index (χ1) is 8.08. The zero-order chi connectivity index (χ0) is 12.4. The molecule has 92 valence electrons. The molecule has 1 aliphatic heterocycles. The summed E-state index contributed by atoms with van der Waals surface area (Å²) in [7, 11) is 1.83. The SMILES string of the molecule is Cc1cnc(N2CCCN(C)C(=O)C2)c(N)c1. The number of likely N-dealkylation sites (N-methyl/N-ethyl adjacent to an activating group) is 1. The Kier molecular flexibility index (Phi) is 3.17. The highest BCUT2D eigenvalue weighted by Crippen LogP contribution is 2.22. The molecule has 17 heavy (non-hydrogen) atoms. The minimum atomic E-state index is 0.115. The Labute approximate surface area is 101 Å². The van der Waals surface area contributed by atoms with Crippen molar-refractivity contribution in [2.75, 3.05) is 37.3 Å². The smallest absolute Gasteiger partial charge is 0.241 e. The summed E-state index contributed by atoms with van der Waals surface area (Å²) < 4.78 is 0. The van der Waals surface area contributed by atoms with Gasteiger partial charge in [0.1, 0.15) is 0 Å². The number of nitrogens with zero attached hydrogens (tertiary/aromatic N) is 3. The van der Waals surface area contributed by atoms with Gasteiger partial charge in [0.05, 0.1) is 12.2 Å². The molecule has 0 bridgehead atoms. The lowest BCUT2D eigenvalue weighted by molar-refractivity contribution is -0.127. The number of amides is 1. The lowest BCUT2D eigenvalue weighted by Crippen LogP contribution is -2.35. The van der Waals surface area contributed by atoms with Gasteiger partial charge < -0.3 is 15.5 Å². The van der Waals surface area contributed by atoms with Crippen LogP contribution in [0.3, 0.4) is 0 Å². The predicted octanol–water partition coefficient (Wildman–Crippen LogP) is 0.641. The number of aromatic nitrogens is 1. The largest absolute Gasteiger partial charge is 0.396 e. The fourth-order valence-electron chi connectivity index (χ4n) is 2.02. The van der Waals surface area contributed by atoms with E-state index in [0.717, 1.165) is 30.9 Å². The lowest BCUT2D eigenvalue weighted by atomic mass is 10.2. The molecular weight excluding hydrogens is 216 g/mol. The first-order valence-corrected chi connectivity index (χ1v) is 5.79. The molecule has 1 aliphatic rings. The Bertz CT molecular complexity index is 433. The molecule has 2 N–H and O–H groups in total. The van der Waals surface area contributed by atoms with E-state index in [9.17, 15) is 4.79 Å². The van der Waals surface area contributed by atoms with E-state index in [4.69, 9.17) is 5.73 Å². The van der Waals surface area contributed by atoms with Crippen LogP contribution in [0.5, 0.6) is 0 Å². The Morgan fingerprint density at radius 2 is 2.18 bits per heavy atom. The number of nitrogens with two attached hydrogens (primary N) is 1. The average Bonchev–Trinajstić information content (AvgIpc) is 2.42. The summed E-state index contributed by atoms with van der Waals surface area (Å²) in [6.07, 6.45) is 2.72. The maximum absolute atomic E-state index is 11.8. The van der Waals surface area contributed by atoms with Gasteiger partial charge in [-0.1, -0.05) is 0 Å². The van der Waals surface area contributed by atoms with Crippen LogP contribution in [0.2, 0.25) is 0 Å². The highest BCUT2D eigenvalue weighted by molar-refractivity contribution is 5.82. The number of hydrogen-bond acceptors (Lipinski definition) is 4. The number of carbonyl (C=O) groups is 1. The molecule has 0 atom stereocenters. The third-order valence-corrected chi connectivity index (χ3v) is 3.00. The van der Waals surface area contributed by atoms with E-state index in [2.05, 4.69) is 4.98 Å². The Hall–Kier alpha value is -1.78. The van der Waals surface area contributed by atoms with Crippen molar-refractivity contribution in [1.82, 2.24) is 9.88 Å². The highest BCUT2D eigenvalue weighted by Gasteiger charge is 2.21. The van der Waals surface area contributed by atoms with Gasteiger partial charge in [-0.2, -0.15) is 0 Å². The molecule has 1 fully saturated rings. The van der Waals surface area contributed by atoms with Crippen LogP contribution in [0.15, 0.2) is 12.3 Å². The van der Waals surface area contributed by atoms with Crippen LogP contribution in [-0.4, -0.2) is 42.5 Å². The molecule has 0 radical (unpaired) electrons. The van der Waals surface area contributed by atoms with Crippen LogP contribution in [-0.2, 0) is 4.79 Å². The molecule has 1 aromatic heterocycles. The van der Waals surface area contributed by atoms with E-state index >= 15 is 0 Å². The van der Waals surface area contributed by atoms with E-state index in [1.807, 2.05) is 24.9 Å². The van der Waals surface area contributed by atoms with Crippen LogP contribution in [0.25, 0.3) is 0 Å². The third-order valence-electron chi connectivity index (χ3n) is 3.00. The first kappa shape index (κ1) is 11.7. The fourth-order valence-corrected chi connectivity index (χ4v) is 2.02. The van der Waals surface area contributed by atoms with Crippen molar-refractivity contribution in [2.45, 2.75) is 13.3 Å². The van der Waals surface area contributed by atoms with Crippen LogP contribution in [0.1, 0.15) is 12.0 Å². The van der Waals surface area contributed by atoms with E-state index in [0.29, 0.717) is 12.2 Å². The van der Waals surface area contributed by atoms with E-state index in [1.54, 1.807) is 11.1 Å². The summed E-state index contributed by atoms with van der Waals surface area (Å²) in [6.45, 7) is 3.92. The topological polar surface area (TPSA) is 62.5 Å². The lowest BCUT2D eigenvalue weighted by Gasteiger charge is -2.22. The van der Waals surface area contributed by atoms with Crippen molar-refractivity contribution < 1.29 is 4.79 Å². The second-order valence-corrected chi connectivity index (χ2v) is 4.52. The zero-order valence-corrected chi connectivity index (χ0v) is 10.3. The molecule has 5 heteroatoms. The summed E-state index contributed by atoms with van der Waals surface area (Å²) in [5.74, 6) is 0.837. The summed E-state index contributed by atoms with van der Waals surface area (Å²) in [5.41, 5.74) is 7.63. The zero-order valence-electron chi connectivity index (χ0n) is 10.3. The van der Waals surface area contributed by atoms with Crippen molar-refractivity contribution in [1.29, 1.82) is 0 Å². The minimum Gasteiger partial charge on any atom is -0.396 e. The van der Waals surface area contributed by atoms with Gasteiger partial charge in [-0.3, -0.25) is 4.79 Å². The Balaban J connectivity index is 2.24. The summed E-state index contributed by atoms with van der Waals surface area (Å²) >= 11 is 0. The van der Waals surface area contributed by atoms with Crippen molar-refractivity contribution >= 4 is 17.4 Å². The van der Waals surface area contributed by atoms with Gasteiger partial charge in [-0.15, -0.1) is 0 Å². The monoisotopic (exact) mass is 234 g/mol. The normalized spacial score (nSPS) is 17.2. The van der Waals surface area contributed by atoms with Gasteiger partial charge >= 0.3 is 0 Å². The van der Waals surface area contributed by atoms with Gasteiger partial charge in [0.2, 0.25) is 5.91 Å². The van der Waals surface area contributed by atoms with Crippen molar-refractivity contribution in [2.24, 2.45) is 0 Å². The molecule has 0 spiro atoms. The molecule has 1 saturated heterocycles. The summed E-state index contributed by atoms with van der Waals surface area (Å²) in [4.78, 5) is 19.8. The number of nitrogen functional groups attached to an aromatic ring is 1. The van der Waals surface area contributed by atoms with Crippen molar-refractivity contribution in [3.63, 3.8) is 0 Å². The van der Waals surface area contributed by atoms with E-state index in [1.165, 1.54) is 0 Å². The average molecular weight is 234 g/mol. The van der Waals surface area contributed by atoms with Crippen LogP contribution < -0.4 is 10.6 Å². The maximum atomic E-state index is 11.8. The number of rotatable bonds is 1. The Morgan fingerprint density at radius 1 is 1.41 bits per heavy atom. The van der Waals surface area contributed by atoms with Crippen LogP contribution in [0, 0.1) is 6.92 Å². The van der Waals surface area contributed by atoms with Gasteiger partial charge in [0, 0.05) is 26.3 Å². The number of aryl methyl sites for hydroxylation is 1. The molecule has 0 aliphatic carbocycles. The highest BCUT2D eigenvalue weighted by atomic mass is 16.2. The van der Waals surface area contributed by atoms with Crippen LogP contribution >= 0.6 is 0 Å². The number of hydrogen-bond donors (Lipinski definition) is 1. The van der Waals surface area contributed by atoms with Crippen LogP contribution in [0.4, 0.5) is 11.5 Å². The second-order valence-electron chi connectivity index (χ2n) is 4.52. The number of pyridine rings is 1. The molecule has 2 rings (SSSR count). The molecular formula is C12H18N4O. The Morgan fingerprint density at radius 3 is 2.88 bits per heavy atom. The van der Waals surface area contributed by atoms with Gasteiger partial charge in [-0.25, -0.2) is 4.98 Å². The van der Waals surface area contributed by atoms with Gasteiger partial charge in [-0.05, 0) is 25.0 Å². The maximum Gasteiger partial charge on any atom is 0.241 e. The third kappa shape index (κ3) is 2.49. The molecule has 0 saturated carbocycles. The van der Waals surface area contributed by atoms with Gasteiger partial charge in [0.15, 0.2) is 5.82 Å². The predicted molar refractivity (Wildman–Crippen MR) is 67.9 cm³/mol. The molecule has 0 aromatic carbocycles. The fraction of sp³-hybridized carbons (Fsp3) is 0.500. The van der Waals surface area contributed by atoms with Gasteiger partial charge in [0.25, 0.3) is 0 Å². The number of carbonyl (C=O) groups excluding carboxylic acids is 1. The van der Waals surface area contributed by atoms with E-state index in [-0.39, 0.29) is 5.91 Å². The molecule has 0 unspecified atom stereocenters. The first-order valence-electron chi connectivity index (χ1n) is 5.79. The second kappa shape index (κ2) is 4.61. The number of anilines is 2. The minimum absolute atomic E-state index is 0.115. The standard InChI is InChI=1S/C12H18N4O/c1-9-6-10(13)12(14-7-9)16-5-3-4-15(2)11(17)8-16/h6-7H,3-5,8,13H2,1-2H3. The summed E-state index contributed by atoms with van der Waals surface area (Å²) in [6, 6.07) is 1.89. The van der Waals surface area contributed by atoms with E-state index < -0.39 is 0 Å². The molecule has 5 nitrogen and oxygen atoms in total. The molecule has 2 heterocycles. The quantitative estimate of drug-likeness (QED) is 0.774. The summed E-state index contributed by atoms with van der Waals surface area (Å²) in [5, 5.41) is 0. The van der Waals surface area contributed by atoms with Crippen molar-refractivity contribution in [3.05, 3.63) is 17.8 Å².